The van der Waals surface area contributed by atoms with Gasteiger partial charge in [-0.25, -0.2) is 0 Å². The minimum absolute atomic E-state index is 0.0834. The molecule has 0 spiro atoms. The van der Waals surface area contributed by atoms with Crippen molar-refractivity contribution in [2.45, 2.75) is 52.0 Å². The number of hydrogen-bond donors (Lipinski definition) is 1. The van der Waals surface area contributed by atoms with Crippen LogP contribution in [-0.2, 0) is 24.2 Å². The summed E-state index contributed by atoms with van der Waals surface area (Å²) in [6, 6.07) is 10.4. The van der Waals surface area contributed by atoms with Crippen LogP contribution in [0.3, 0.4) is 0 Å². The van der Waals surface area contributed by atoms with Crippen molar-refractivity contribution in [3.05, 3.63) is 52.9 Å². The van der Waals surface area contributed by atoms with Crippen LogP contribution in [0, 0.1) is 5.92 Å². The molecule has 1 atom stereocenters. The Labute approximate surface area is 137 Å². The molecule has 4 heteroatoms. The highest BCUT2D eigenvalue weighted by atomic mass is 16.5. The first kappa shape index (κ1) is 15.8. The Morgan fingerprint density at radius 3 is 3.04 bits per heavy atom. The van der Waals surface area contributed by atoms with Gasteiger partial charge >= 0.3 is 0 Å². The predicted octanol–water partition coefficient (Wildman–Crippen LogP) is 3.61. The molecule has 0 saturated carbocycles. The molecule has 1 aromatic heterocycles. The van der Waals surface area contributed by atoms with Crippen LogP contribution in [0.5, 0.6) is 0 Å². The van der Waals surface area contributed by atoms with E-state index in [0.717, 1.165) is 30.7 Å². The second-order valence-corrected chi connectivity index (χ2v) is 6.80. The van der Waals surface area contributed by atoms with Gasteiger partial charge in [-0.05, 0) is 35.8 Å². The summed E-state index contributed by atoms with van der Waals surface area (Å²) in [6.45, 7) is 4.72. The van der Waals surface area contributed by atoms with Crippen LogP contribution in [0.15, 0.2) is 34.9 Å². The van der Waals surface area contributed by atoms with Gasteiger partial charge in [-0.2, -0.15) is 0 Å². The molecule has 2 aromatic rings. The van der Waals surface area contributed by atoms with Crippen LogP contribution >= 0.6 is 0 Å². The van der Waals surface area contributed by atoms with Gasteiger partial charge < -0.3 is 9.84 Å². The zero-order valence-electron chi connectivity index (χ0n) is 13.8. The molecule has 1 aromatic carbocycles. The third kappa shape index (κ3) is 4.01. The Balaban J connectivity index is 1.50. The van der Waals surface area contributed by atoms with Gasteiger partial charge in [-0.1, -0.05) is 43.3 Å². The van der Waals surface area contributed by atoms with Crippen LogP contribution in [0.4, 0.5) is 0 Å². The smallest absolute Gasteiger partial charge is 0.220 e. The van der Waals surface area contributed by atoms with Gasteiger partial charge in [-0.3, -0.25) is 4.79 Å². The summed E-state index contributed by atoms with van der Waals surface area (Å²) in [5.41, 5.74) is 3.52. The monoisotopic (exact) mass is 312 g/mol. The van der Waals surface area contributed by atoms with Gasteiger partial charge in [-0.15, -0.1) is 0 Å². The fourth-order valence-corrected chi connectivity index (χ4v) is 3.28. The van der Waals surface area contributed by atoms with Crippen molar-refractivity contribution in [2.75, 3.05) is 0 Å². The third-order valence-corrected chi connectivity index (χ3v) is 4.37. The topological polar surface area (TPSA) is 55.1 Å². The second kappa shape index (κ2) is 6.99. The predicted molar refractivity (Wildman–Crippen MR) is 89.0 cm³/mol. The summed E-state index contributed by atoms with van der Waals surface area (Å²) >= 11 is 0. The largest absolute Gasteiger partial charge is 0.361 e. The van der Waals surface area contributed by atoms with Gasteiger partial charge in [0.05, 0.1) is 6.54 Å². The lowest BCUT2D eigenvalue weighted by Gasteiger charge is -2.11. The number of rotatable bonds is 6. The molecule has 0 radical (unpaired) electrons. The minimum atomic E-state index is 0.0834. The lowest BCUT2D eigenvalue weighted by Crippen LogP contribution is -2.24. The number of nitrogens with one attached hydrogen (secondary N) is 1. The summed E-state index contributed by atoms with van der Waals surface area (Å²) in [5.74, 6) is 1.85. The van der Waals surface area contributed by atoms with Crippen molar-refractivity contribution < 1.29 is 9.32 Å². The Kier molecular flexibility index (Phi) is 4.79. The third-order valence-electron chi connectivity index (χ3n) is 4.37. The van der Waals surface area contributed by atoms with Crippen LogP contribution in [0.2, 0.25) is 0 Å². The van der Waals surface area contributed by atoms with E-state index in [1.165, 1.54) is 11.1 Å². The lowest BCUT2D eigenvalue weighted by molar-refractivity contribution is -0.121. The van der Waals surface area contributed by atoms with Gasteiger partial charge in [0, 0.05) is 18.9 Å². The molecule has 0 unspecified atom stereocenters. The van der Waals surface area contributed by atoms with E-state index in [9.17, 15) is 4.79 Å². The molecule has 1 aliphatic rings. The summed E-state index contributed by atoms with van der Waals surface area (Å²) in [4.78, 5) is 12.2. The summed E-state index contributed by atoms with van der Waals surface area (Å²) in [6.07, 6.45) is 3.57. The second-order valence-electron chi connectivity index (χ2n) is 6.80. The van der Waals surface area contributed by atoms with Crippen LogP contribution < -0.4 is 5.32 Å². The number of amides is 1. The SMILES string of the molecule is CC(C)Cc1cc(CNC(=O)C[C@@H]2CCc3ccccc32)no1. The standard InChI is InChI=1S/C19H24N2O2/c1-13(2)9-17-11-16(21-23-17)12-20-19(22)10-15-8-7-14-5-3-4-6-18(14)15/h3-6,11,13,15H,7-10,12H2,1-2H3,(H,20,22)/t15-/m0/s1. The van der Waals surface area contributed by atoms with E-state index in [1.807, 2.05) is 6.07 Å². The number of aromatic nitrogens is 1. The molecule has 3 rings (SSSR count). The number of hydrogen-bond acceptors (Lipinski definition) is 3. The average Bonchev–Trinajstić information content (AvgIpc) is 3.12. The number of carbonyl (C=O) groups is 1. The molecule has 0 saturated heterocycles. The van der Waals surface area contributed by atoms with Crippen molar-refractivity contribution in [1.82, 2.24) is 10.5 Å². The van der Waals surface area contributed by atoms with Crippen molar-refractivity contribution in [1.29, 1.82) is 0 Å². The average molecular weight is 312 g/mol. The van der Waals surface area contributed by atoms with E-state index in [1.54, 1.807) is 0 Å². The zero-order chi connectivity index (χ0) is 16.2. The number of fused-ring (bicyclic) bond motifs is 1. The number of carbonyl (C=O) groups excluding carboxylic acids is 1. The molecule has 4 nitrogen and oxygen atoms in total. The number of nitrogens with zero attached hydrogens (tertiary/aromatic N) is 1. The van der Waals surface area contributed by atoms with Crippen LogP contribution in [0.1, 0.15) is 55.2 Å². The molecule has 1 aliphatic carbocycles. The van der Waals surface area contributed by atoms with Crippen molar-refractivity contribution >= 4 is 5.91 Å². The fraction of sp³-hybridized carbons (Fsp3) is 0.474. The van der Waals surface area contributed by atoms with E-state index < -0.39 is 0 Å². The van der Waals surface area contributed by atoms with Crippen LogP contribution in [-0.4, -0.2) is 11.1 Å². The first-order valence-electron chi connectivity index (χ1n) is 8.41. The molecule has 122 valence electrons. The fourth-order valence-electron chi connectivity index (χ4n) is 3.28. The molecule has 1 N–H and O–H groups in total. The molecular weight excluding hydrogens is 288 g/mol. The first-order chi connectivity index (χ1) is 11.1. The van der Waals surface area contributed by atoms with E-state index in [-0.39, 0.29) is 5.91 Å². The summed E-state index contributed by atoms with van der Waals surface area (Å²) in [5, 5.41) is 6.98. The normalized spacial score (nSPS) is 16.6. The number of benzene rings is 1. The summed E-state index contributed by atoms with van der Waals surface area (Å²) < 4.78 is 5.29. The first-order valence-corrected chi connectivity index (χ1v) is 8.41. The van der Waals surface area contributed by atoms with E-state index in [2.05, 4.69) is 48.6 Å². The summed E-state index contributed by atoms with van der Waals surface area (Å²) in [7, 11) is 0. The van der Waals surface area contributed by atoms with Crippen molar-refractivity contribution in [2.24, 2.45) is 5.92 Å². The van der Waals surface area contributed by atoms with E-state index in [4.69, 9.17) is 4.52 Å². The Morgan fingerprint density at radius 2 is 2.22 bits per heavy atom. The van der Waals surface area contributed by atoms with Crippen molar-refractivity contribution in [3.63, 3.8) is 0 Å². The lowest BCUT2D eigenvalue weighted by atomic mass is 9.97. The van der Waals surface area contributed by atoms with E-state index in [0.29, 0.717) is 24.8 Å². The molecule has 0 aliphatic heterocycles. The number of aryl methyl sites for hydroxylation is 1. The Morgan fingerprint density at radius 1 is 1.39 bits per heavy atom. The zero-order valence-corrected chi connectivity index (χ0v) is 13.8. The molecule has 23 heavy (non-hydrogen) atoms. The minimum Gasteiger partial charge on any atom is -0.361 e. The molecule has 0 bridgehead atoms. The van der Waals surface area contributed by atoms with Gasteiger partial charge in [0.15, 0.2) is 0 Å². The highest BCUT2D eigenvalue weighted by Crippen LogP contribution is 2.35. The highest BCUT2D eigenvalue weighted by molar-refractivity contribution is 5.77. The maximum absolute atomic E-state index is 12.2. The van der Waals surface area contributed by atoms with Crippen LogP contribution in [0.25, 0.3) is 0 Å². The molecular formula is C19H24N2O2. The Hall–Kier alpha value is -2.10. The maximum atomic E-state index is 12.2. The maximum Gasteiger partial charge on any atom is 0.220 e. The molecule has 1 amide bonds. The van der Waals surface area contributed by atoms with Crippen molar-refractivity contribution in [3.8, 4) is 0 Å². The Bertz CT molecular complexity index is 676. The van der Waals surface area contributed by atoms with Gasteiger partial charge in [0.1, 0.15) is 11.5 Å². The van der Waals surface area contributed by atoms with E-state index >= 15 is 0 Å². The quantitative estimate of drug-likeness (QED) is 0.886. The highest BCUT2D eigenvalue weighted by Gasteiger charge is 2.24. The van der Waals surface area contributed by atoms with Gasteiger partial charge in [0.2, 0.25) is 5.91 Å². The molecule has 0 fully saturated rings. The van der Waals surface area contributed by atoms with Gasteiger partial charge in [0.25, 0.3) is 0 Å². The molecule has 1 heterocycles.